The van der Waals surface area contributed by atoms with Gasteiger partial charge in [0.1, 0.15) is 11.9 Å². The molecule has 0 heterocycles. The second-order valence-electron chi connectivity index (χ2n) is 3.20. The molecule has 0 radical (unpaired) electrons. The first kappa shape index (κ1) is 12.6. The standard InChI is InChI=1S/C10H12BrFO3/c11-7-2-1-6(5-8(7)12)10(15)9(14)3-4-13/h1-2,5,9-10,13-15H,3-4H2. The molecule has 0 bridgehead atoms. The third kappa shape index (κ3) is 3.24. The molecule has 5 heteroatoms. The summed E-state index contributed by atoms with van der Waals surface area (Å²) in [6.45, 7) is -0.225. The van der Waals surface area contributed by atoms with E-state index in [1.54, 1.807) is 0 Å². The molecule has 1 aromatic carbocycles. The summed E-state index contributed by atoms with van der Waals surface area (Å²) in [6.07, 6.45) is -2.21. The minimum Gasteiger partial charge on any atom is -0.396 e. The van der Waals surface area contributed by atoms with Crippen molar-refractivity contribution in [1.82, 2.24) is 0 Å². The molecule has 0 saturated carbocycles. The highest BCUT2D eigenvalue weighted by atomic mass is 79.9. The van der Waals surface area contributed by atoms with Crippen LogP contribution in [-0.2, 0) is 0 Å². The third-order valence-corrected chi connectivity index (χ3v) is 2.72. The van der Waals surface area contributed by atoms with Crippen molar-refractivity contribution in [1.29, 1.82) is 0 Å². The van der Waals surface area contributed by atoms with E-state index in [0.717, 1.165) is 6.07 Å². The van der Waals surface area contributed by atoms with Crippen LogP contribution in [-0.4, -0.2) is 28.0 Å². The van der Waals surface area contributed by atoms with Crippen molar-refractivity contribution in [2.24, 2.45) is 0 Å². The van der Waals surface area contributed by atoms with Crippen molar-refractivity contribution in [3.05, 3.63) is 34.1 Å². The quantitative estimate of drug-likeness (QED) is 0.780. The minimum atomic E-state index is -1.18. The van der Waals surface area contributed by atoms with Crippen LogP contribution in [0.4, 0.5) is 4.39 Å². The molecule has 0 fully saturated rings. The van der Waals surface area contributed by atoms with Crippen LogP contribution in [0.1, 0.15) is 18.1 Å². The molecule has 0 aliphatic carbocycles. The normalized spacial score (nSPS) is 15.0. The first-order valence-electron chi connectivity index (χ1n) is 4.48. The molecule has 15 heavy (non-hydrogen) atoms. The van der Waals surface area contributed by atoms with E-state index < -0.39 is 18.0 Å². The van der Waals surface area contributed by atoms with Gasteiger partial charge in [-0.25, -0.2) is 4.39 Å². The Morgan fingerprint density at radius 2 is 2.00 bits per heavy atom. The zero-order chi connectivity index (χ0) is 11.4. The molecule has 1 aromatic rings. The van der Waals surface area contributed by atoms with Gasteiger partial charge in [0.15, 0.2) is 0 Å². The van der Waals surface area contributed by atoms with Crippen molar-refractivity contribution in [2.45, 2.75) is 18.6 Å². The third-order valence-electron chi connectivity index (χ3n) is 2.07. The largest absolute Gasteiger partial charge is 0.396 e. The molecule has 3 nitrogen and oxygen atoms in total. The lowest BCUT2D eigenvalue weighted by Crippen LogP contribution is -2.19. The molecule has 0 saturated heterocycles. The van der Waals surface area contributed by atoms with Crippen molar-refractivity contribution in [3.63, 3.8) is 0 Å². The van der Waals surface area contributed by atoms with Gasteiger partial charge in [0.05, 0.1) is 10.6 Å². The van der Waals surface area contributed by atoms with Crippen molar-refractivity contribution in [2.75, 3.05) is 6.61 Å². The number of halogens is 2. The Bertz CT molecular complexity index is 332. The number of aliphatic hydroxyl groups excluding tert-OH is 3. The molecular weight excluding hydrogens is 267 g/mol. The van der Waals surface area contributed by atoms with E-state index in [1.165, 1.54) is 12.1 Å². The van der Waals surface area contributed by atoms with Gasteiger partial charge in [0.2, 0.25) is 0 Å². The van der Waals surface area contributed by atoms with Crippen LogP contribution >= 0.6 is 15.9 Å². The van der Waals surface area contributed by atoms with Gasteiger partial charge in [-0.2, -0.15) is 0 Å². The minimum absolute atomic E-state index is 0.0544. The van der Waals surface area contributed by atoms with E-state index in [-0.39, 0.29) is 18.6 Å². The smallest absolute Gasteiger partial charge is 0.137 e. The first-order chi connectivity index (χ1) is 7.06. The summed E-state index contributed by atoms with van der Waals surface area (Å²) in [5.41, 5.74) is 0.289. The molecule has 0 aliphatic heterocycles. The molecule has 84 valence electrons. The fourth-order valence-electron chi connectivity index (χ4n) is 1.21. The average Bonchev–Trinajstić information content (AvgIpc) is 2.21. The average molecular weight is 279 g/mol. The second kappa shape index (κ2) is 5.55. The Balaban J connectivity index is 2.81. The van der Waals surface area contributed by atoms with Crippen LogP contribution in [0.2, 0.25) is 0 Å². The summed E-state index contributed by atoms with van der Waals surface area (Å²) in [4.78, 5) is 0. The Hall–Kier alpha value is -0.490. The van der Waals surface area contributed by atoms with E-state index in [1.807, 2.05) is 0 Å². The van der Waals surface area contributed by atoms with Gasteiger partial charge < -0.3 is 15.3 Å². The van der Waals surface area contributed by atoms with Crippen molar-refractivity contribution < 1.29 is 19.7 Å². The number of hydrogen-bond donors (Lipinski definition) is 3. The summed E-state index contributed by atoms with van der Waals surface area (Å²) < 4.78 is 13.4. The molecule has 2 atom stereocenters. The van der Waals surface area contributed by atoms with Gasteiger partial charge >= 0.3 is 0 Å². The van der Waals surface area contributed by atoms with Gasteiger partial charge in [-0.05, 0) is 40.0 Å². The lowest BCUT2D eigenvalue weighted by molar-refractivity contribution is 0.00407. The molecule has 0 amide bonds. The maximum atomic E-state index is 13.1. The van der Waals surface area contributed by atoms with Crippen LogP contribution in [0.25, 0.3) is 0 Å². The van der Waals surface area contributed by atoms with Crippen molar-refractivity contribution >= 4 is 15.9 Å². The molecule has 0 aliphatic rings. The summed E-state index contributed by atoms with van der Waals surface area (Å²) in [7, 11) is 0. The maximum Gasteiger partial charge on any atom is 0.137 e. The molecule has 0 spiro atoms. The van der Waals surface area contributed by atoms with Gasteiger partial charge in [-0.15, -0.1) is 0 Å². The van der Waals surface area contributed by atoms with Gasteiger partial charge in [0.25, 0.3) is 0 Å². The van der Waals surface area contributed by atoms with E-state index in [9.17, 15) is 14.6 Å². The Labute approximate surface area is 95.3 Å². The van der Waals surface area contributed by atoms with Crippen LogP contribution < -0.4 is 0 Å². The predicted octanol–water partition coefficient (Wildman–Crippen LogP) is 1.36. The van der Waals surface area contributed by atoms with E-state index in [0.29, 0.717) is 4.47 Å². The molecule has 0 aromatic heterocycles. The SMILES string of the molecule is OCCC(O)C(O)c1ccc(Br)c(F)c1. The van der Waals surface area contributed by atoms with Gasteiger partial charge in [0, 0.05) is 6.61 Å². The zero-order valence-electron chi connectivity index (χ0n) is 7.90. The molecule has 2 unspecified atom stereocenters. The number of aliphatic hydroxyl groups is 3. The summed E-state index contributed by atoms with van der Waals surface area (Å²) in [5.74, 6) is -0.497. The lowest BCUT2D eigenvalue weighted by Gasteiger charge is -2.17. The summed E-state index contributed by atoms with van der Waals surface area (Å²) in [6, 6.07) is 4.12. The Morgan fingerprint density at radius 3 is 2.53 bits per heavy atom. The zero-order valence-corrected chi connectivity index (χ0v) is 9.48. The molecule has 1 rings (SSSR count). The highest BCUT2D eigenvalue weighted by Crippen LogP contribution is 2.23. The van der Waals surface area contributed by atoms with Crippen LogP contribution in [0.15, 0.2) is 22.7 Å². The monoisotopic (exact) mass is 278 g/mol. The number of hydrogen-bond acceptors (Lipinski definition) is 3. The second-order valence-corrected chi connectivity index (χ2v) is 4.05. The highest BCUT2D eigenvalue weighted by molar-refractivity contribution is 9.10. The Morgan fingerprint density at radius 1 is 1.33 bits per heavy atom. The topological polar surface area (TPSA) is 60.7 Å². The fourth-order valence-corrected chi connectivity index (χ4v) is 1.46. The number of rotatable bonds is 4. The molecular formula is C10H12BrFO3. The summed E-state index contributed by atoms with van der Waals surface area (Å²) >= 11 is 2.99. The van der Waals surface area contributed by atoms with E-state index >= 15 is 0 Å². The Kier molecular flexibility index (Phi) is 4.66. The maximum absolute atomic E-state index is 13.1. The summed E-state index contributed by atoms with van der Waals surface area (Å²) in [5, 5.41) is 27.6. The van der Waals surface area contributed by atoms with Crippen LogP contribution in [0.5, 0.6) is 0 Å². The van der Waals surface area contributed by atoms with Crippen LogP contribution in [0.3, 0.4) is 0 Å². The van der Waals surface area contributed by atoms with Crippen molar-refractivity contribution in [3.8, 4) is 0 Å². The van der Waals surface area contributed by atoms with E-state index in [2.05, 4.69) is 15.9 Å². The highest BCUT2D eigenvalue weighted by Gasteiger charge is 2.18. The van der Waals surface area contributed by atoms with Gasteiger partial charge in [-0.3, -0.25) is 0 Å². The predicted molar refractivity (Wildman–Crippen MR) is 56.8 cm³/mol. The lowest BCUT2D eigenvalue weighted by atomic mass is 10.0. The number of benzene rings is 1. The fraction of sp³-hybridized carbons (Fsp3) is 0.400. The molecule has 3 N–H and O–H groups in total. The first-order valence-corrected chi connectivity index (χ1v) is 5.27. The van der Waals surface area contributed by atoms with Gasteiger partial charge in [-0.1, -0.05) is 6.07 Å². The van der Waals surface area contributed by atoms with Crippen LogP contribution in [0, 0.1) is 5.82 Å². The van der Waals surface area contributed by atoms with E-state index in [4.69, 9.17) is 5.11 Å².